The van der Waals surface area contributed by atoms with Crippen molar-refractivity contribution in [3.63, 3.8) is 0 Å². The van der Waals surface area contributed by atoms with Crippen LogP contribution in [0, 0.1) is 0 Å². The molecule has 6 nitrogen and oxygen atoms in total. The first kappa shape index (κ1) is 21.1. The van der Waals surface area contributed by atoms with Crippen molar-refractivity contribution in [2.24, 2.45) is 0 Å². The number of fused-ring (bicyclic) bond motifs is 1. The van der Waals surface area contributed by atoms with Crippen molar-refractivity contribution in [2.75, 3.05) is 46.3 Å². The average Bonchev–Trinajstić information content (AvgIpc) is 3.15. The molecule has 154 valence electrons. The number of anilines is 1. The largest absolute Gasteiger partial charge is 0.497 e. The maximum atomic E-state index is 13.5. The quantitative estimate of drug-likeness (QED) is 0.616. The zero-order valence-electron chi connectivity index (χ0n) is 17.6. The fraction of sp³-hybridized carbons (Fsp3) is 0.364. The summed E-state index contributed by atoms with van der Waals surface area (Å²) >= 11 is 1.55. The third-order valence-corrected chi connectivity index (χ3v) is 5.80. The van der Waals surface area contributed by atoms with E-state index < -0.39 is 0 Å². The molecule has 1 heterocycles. The summed E-state index contributed by atoms with van der Waals surface area (Å²) < 4.78 is 11.8. The minimum Gasteiger partial charge on any atom is -0.497 e. The van der Waals surface area contributed by atoms with Crippen LogP contribution in [0.4, 0.5) is 5.13 Å². The van der Waals surface area contributed by atoms with Crippen molar-refractivity contribution in [2.45, 2.75) is 13.3 Å². The minimum absolute atomic E-state index is 0.113. The number of carbonyl (C=O) groups excluding carboxylic acids is 1. The van der Waals surface area contributed by atoms with Crippen LogP contribution < -0.4 is 19.3 Å². The topological polar surface area (TPSA) is 56.1 Å². The molecule has 1 amide bonds. The lowest BCUT2D eigenvalue weighted by molar-refractivity contribution is -0.856. The Morgan fingerprint density at radius 1 is 1.10 bits per heavy atom. The number of nitrogens with one attached hydrogen (secondary N) is 1. The maximum absolute atomic E-state index is 13.5. The molecule has 0 aliphatic rings. The van der Waals surface area contributed by atoms with E-state index in [1.165, 1.54) is 10.5 Å². The number of methoxy groups -OCH3 is 2. The van der Waals surface area contributed by atoms with Gasteiger partial charge in [0.05, 0.1) is 51.6 Å². The molecule has 0 aliphatic heterocycles. The van der Waals surface area contributed by atoms with E-state index >= 15 is 0 Å². The van der Waals surface area contributed by atoms with E-state index in [0.29, 0.717) is 28.7 Å². The van der Waals surface area contributed by atoms with E-state index in [0.717, 1.165) is 23.2 Å². The minimum atomic E-state index is -0.113. The summed E-state index contributed by atoms with van der Waals surface area (Å²) in [6.07, 6.45) is 0.972. The van der Waals surface area contributed by atoms with Gasteiger partial charge in [-0.25, -0.2) is 4.98 Å². The lowest BCUT2D eigenvalue weighted by Crippen LogP contribution is -3.06. The van der Waals surface area contributed by atoms with E-state index in [-0.39, 0.29) is 5.91 Å². The van der Waals surface area contributed by atoms with E-state index in [1.54, 1.807) is 48.7 Å². The molecule has 3 rings (SSSR count). The van der Waals surface area contributed by atoms with Crippen molar-refractivity contribution < 1.29 is 19.2 Å². The Morgan fingerprint density at radius 3 is 2.38 bits per heavy atom. The second kappa shape index (κ2) is 9.24. The van der Waals surface area contributed by atoms with E-state index in [1.807, 2.05) is 6.07 Å². The van der Waals surface area contributed by atoms with E-state index in [4.69, 9.17) is 14.5 Å². The number of ether oxygens (including phenoxy) is 2. The number of nitrogens with zero attached hydrogens (tertiary/aromatic N) is 2. The first-order valence-electron chi connectivity index (χ1n) is 9.68. The van der Waals surface area contributed by atoms with Crippen LogP contribution in [0.2, 0.25) is 0 Å². The first-order chi connectivity index (χ1) is 13.9. The van der Waals surface area contributed by atoms with Gasteiger partial charge in [-0.15, -0.1) is 0 Å². The summed E-state index contributed by atoms with van der Waals surface area (Å²) in [6, 6.07) is 11.5. The number of benzene rings is 2. The number of rotatable bonds is 8. The molecule has 0 aliphatic carbocycles. The summed E-state index contributed by atoms with van der Waals surface area (Å²) in [5, 5.41) is 0.710. The third kappa shape index (κ3) is 4.86. The van der Waals surface area contributed by atoms with Crippen molar-refractivity contribution in [3.05, 3.63) is 47.5 Å². The number of hydrogen-bond acceptors (Lipinski definition) is 5. The summed E-state index contributed by atoms with van der Waals surface area (Å²) in [5.41, 5.74) is 2.70. The van der Waals surface area contributed by atoms with Crippen molar-refractivity contribution in [1.82, 2.24) is 4.98 Å². The second-order valence-electron chi connectivity index (χ2n) is 7.17. The zero-order valence-corrected chi connectivity index (χ0v) is 18.4. The van der Waals surface area contributed by atoms with E-state index in [2.05, 4.69) is 33.2 Å². The van der Waals surface area contributed by atoms with Gasteiger partial charge in [-0.2, -0.15) is 0 Å². The number of aromatic nitrogens is 1. The first-order valence-corrected chi connectivity index (χ1v) is 10.5. The number of quaternary nitrogens is 1. The van der Waals surface area contributed by atoms with Crippen molar-refractivity contribution in [3.8, 4) is 11.5 Å². The molecular weight excluding hydrogens is 386 g/mol. The third-order valence-electron chi connectivity index (χ3n) is 4.76. The molecule has 0 saturated heterocycles. The average molecular weight is 415 g/mol. The van der Waals surface area contributed by atoms with Crippen LogP contribution in [0.25, 0.3) is 10.2 Å². The molecule has 3 aromatic rings. The van der Waals surface area contributed by atoms with Gasteiger partial charge in [0, 0.05) is 11.6 Å². The molecule has 29 heavy (non-hydrogen) atoms. The van der Waals surface area contributed by atoms with Crippen molar-refractivity contribution >= 4 is 32.6 Å². The molecule has 0 atom stereocenters. The Balaban J connectivity index is 2.02. The normalized spacial score (nSPS) is 11.1. The van der Waals surface area contributed by atoms with Crippen LogP contribution in [-0.2, 0) is 6.42 Å². The van der Waals surface area contributed by atoms with Gasteiger partial charge in [0.25, 0.3) is 5.91 Å². The molecule has 0 saturated carbocycles. The zero-order chi connectivity index (χ0) is 21.0. The number of amides is 1. The highest BCUT2D eigenvalue weighted by atomic mass is 32.1. The van der Waals surface area contributed by atoms with Gasteiger partial charge in [-0.3, -0.25) is 9.69 Å². The Kier molecular flexibility index (Phi) is 6.71. The highest BCUT2D eigenvalue weighted by Gasteiger charge is 2.23. The van der Waals surface area contributed by atoms with Crippen LogP contribution in [0.5, 0.6) is 11.5 Å². The Hall–Kier alpha value is -2.64. The number of likely N-dealkylation sites (N-methyl/N-ethyl adjacent to an activating group) is 1. The van der Waals surface area contributed by atoms with Gasteiger partial charge >= 0.3 is 0 Å². The number of carbonyl (C=O) groups is 1. The van der Waals surface area contributed by atoms with Crippen LogP contribution in [0.1, 0.15) is 22.8 Å². The van der Waals surface area contributed by atoms with Gasteiger partial charge in [0.15, 0.2) is 5.13 Å². The van der Waals surface area contributed by atoms with Crippen LogP contribution in [0.3, 0.4) is 0 Å². The Labute approximate surface area is 175 Å². The lowest BCUT2D eigenvalue weighted by atomic mass is 10.1. The van der Waals surface area contributed by atoms with Crippen LogP contribution in [-0.4, -0.2) is 52.3 Å². The monoisotopic (exact) mass is 414 g/mol. The van der Waals surface area contributed by atoms with Crippen molar-refractivity contribution in [1.29, 1.82) is 0 Å². The number of hydrogen-bond donors (Lipinski definition) is 1. The summed E-state index contributed by atoms with van der Waals surface area (Å²) in [6.45, 7) is 3.51. The molecule has 7 heteroatoms. The molecule has 1 aromatic heterocycles. The molecule has 0 fully saturated rings. The SMILES string of the molecule is CCc1ccc2nc(N(CC[NH+](C)C)C(=O)c3cc(OC)cc(OC)c3)sc2c1. The predicted molar refractivity (Wildman–Crippen MR) is 118 cm³/mol. The van der Waals surface area contributed by atoms with Gasteiger partial charge in [-0.05, 0) is 36.2 Å². The Morgan fingerprint density at radius 2 is 1.79 bits per heavy atom. The fourth-order valence-corrected chi connectivity index (χ4v) is 4.05. The maximum Gasteiger partial charge on any atom is 0.260 e. The van der Waals surface area contributed by atoms with E-state index in [9.17, 15) is 4.79 Å². The summed E-state index contributed by atoms with van der Waals surface area (Å²) in [4.78, 5) is 21.2. The molecule has 0 bridgehead atoms. The molecule has 0 unspecified atom stereocenters. The number of aryl methyl sites for hydroxylation is 1. The highest BCUT2D eigenvalue weighted by Crippen LogP contribution is 2.31. The van der Waals surface area contributed by atoms with Gasteiger partial charge < -0.3 is 14.4 Å². The molecule has 0 spiro atoms. The molecule has 0 radical (unpaired) electrons. The fourth-order valence-electron chi connectivity index (χ4n) is 3.00. The lowest BCUT2D eigenvalue weighted by Gasteiger charge is -2.21. The van der Waals surface area contributed by atoms with Gasteiger partial charge in [0.2, 0.25) is 0 Å². The molecular formula is C22H28N3O3S+. The summed E-state index contributed by atoms with van der Waals surface area (Å²) in [7, 11) is 7.30. The Bertz CT molecular complexity index is 978. The van der Waals surface area contributed by atoms with Gasteiger partial charge in [0.1, 0.15) is 11.5 Å². The smallest absolute Gasteiger partial charge is 0.260 e. The summed E-state index contributed by atoms with van der Waals surface area (Å²) in [5.74, 6) is 1.06. The predicted octanol–water partition coefficient (Wildman–Crippen LogP) is 2.67. The standard InChI is InChI=1S/C22H27N3O3S/c1-6-15-7-8-19-20(11-15)29-22(23-19)25(10-9-24(2)3)21(26)16-12-17(27-4)14-18(13-16)28-5/h7-8,11-14H,6,9-10H2,1-5H3/p+1. The van der Waals surface area contributed by atoms with Crippen LogP contribution in [0.15, 0.2) is 36.4 Å². The van der Waals surface area contributed by atoms with Gasteiger partial charge in [-0.1, -0.05) is 24.3 Å². The molecule has 1 N–H and O–H groups in total. The molecule has 2 aromatic carbocycles. The van der Waals surface area contributed by atoms with Crippen LogP contribution >= 0.6 is 11.3 Å². The highest BCUT2D eigenvalue weighted by molar-refractivity contribution is 7.22. The number of thiazole rings is 1. The second-order valence-corrected chi connectivity index (χ2v) is 8.18.